The number of carbonyl (C=O) groups excluding carboxylic acids is 2. The van der Waals surface area contributed by atoms with Crippen molar-refractivity contribution in [1.82, 2.24) is 4.72 Å². The van der Waals surface area contributed by atoms with Crippen molar-refractivity contribution >= 4 is 22.9 Å². The van der Waals surface area contributed by atoms with E-state index in [0.29, 0.717) is 12.1 Å². The van der Waals surface area contributed by atoms with E-state index in [1.807, 2.05) is 0 Å². The highest BCUT2D eigenvalue weighted by Gasteiger charge is 2.40. The Labute approximate surface area is 182 Å². The van der Waals surface area contributed by atoms with Crippen molar-refractivity contribution < 1.29 is 36.4 Å². The number of hydrogen-bond donors (Lipinski definition) is 1. The Morgan fingerprint density at radius 2 is 1.52 bits per heavy atom. The maximum Gasteiger partial charge on any atom is 0.322 e. The van der Waals surface area contributed by atoms with Crippen LogP contribution in [0.2, 0.25) is 0 Å². The van der Waals surface area contributed by atoms with Crippen LogP contribution < -0.4 is 4.72 Å². The second kappa shape index (κ2) is 11.8. The summed E-state index contributed by atoms with van der Waals surface area (Å²) in [5.74, 6) is -7.56. The number of nitrogens with one attached hydrogen (secondary N) is 1. The molecule has 0 unspecified atom stereocenters. The highest BCUT2D eigenvalue weighted by molar-refractivity contribution is 7.84. The highest BCUT2D eigenvalue weighted by atomic mass is 32.2. The fourth-order valence-electron chi connectivity index (χ4n) is 2.39. The van der Waals surface area contributed by atoms with Crippen molar-refractivity contribution in [3.8, 4) is 0 Å². The van der Waals surface area contributed by atoms with Crippen molar-refractivity contribution in [2.45, 2.75) is 38.0 Å². The molecule has 2 atom stereocenters. The Morgan fingerprint density at radius 1 is 1.03 bits per heavy atom. The molecule has 1 N–H and O–H groups in total. The molecule has 1 aromatic rings. The van der Waals surface area contributed by atoms with Gasteiger partial charge in [-0.25, -0.2) is 22.1 Å². The fraction of sp³-hybridized carbons (Fsp3) is 0.429. The van der Waals surface area contributed by atoms with Gasteiger partial charge in [0.05, 0.1) is 15.7 Å². The molecule has 0 heterocycles. The molecule has 172 valence electrons. The average Bonchev–Trinajstić information content (AvgIpc) is 2.68. The maximum absolute atomic E-state index is 14.3. The molecule has 0 aliphatic carbocycles. The van der Waals surface area contributed by atoms with Crippen molar-refractivity contribution in [2.75, 3.05) is 13.2 Å². The summed E-state index contributed by atoms with van der Waals surface area (Å²) in [4.78, 5) is 25.2. The molecule has 0 amide bonds. The number of halogens is 3. The standard InChI is InChI=1S/C21H26F3NO5S/c1-6-8-29-19(26)18(20(27)30-9-7-2)17(25-31(28)21(3,4)5)11-13-10-15(23)16(24)12-14(13)22/h6-7,10,12,17-18,25H,1-2,8-9,11H2,3-5H3/t17-,31-/m1/s1. The minimum atomic E-state index is -1.82. The van der Waals surface area contributed by atoms with Crippen molar-refractivity contribution in [2.24, 2.45) is 5.92 Å². The van der Waals surface area contributed by atoms with E-state index in [-0.39, 0.29) is 18.8 Å². The molecule has 1 rings (SSSR count). The molecule has 6 nitrogen and oxygen atoms in total. The quantitative estimate of drug-likeness (QED) is 0.237. The monoisotopic (exact) mass is 461 g/mol. The van der Waals surface area contributed by atoms with Gasteiger partial charge in [-0.2, -0.15) is 0 Å². The SMILES string of the molecule is C=CCOC(=O)C(C(=O)OCC=C)[C@@H](Cc1cc(F)c(F)cc1F)N[S@](=O)C(C)(C)C. The maximum atomic E-state index is 14.3. The van der Waals surface area contributed by atoms with Gasteiger partial charge in [-0.3, -0.25) is 9.59 Å². The summed E-state index contributed by atoms with van der Waals surface area (Å²) < 4.78 is 65.7. The van der Waals surface area contributed by atoms with Crippen molar-refractivity contribution in [3.05, 3.63) is 60.5 Å². The van der Waals surface area contributed by atoms with Crippen LogP contribution in [-0.2, 0) is 36.5 Å². The molecule has 0 aromatic heterocycles. The minimum Gasteiger partial charge on any atom is -0.461 e. The van der Waals surface area contributed by atoms with Gasteiger partial charge in [-0.1, -0.05) is 25.3 Å². The van der Waals surface area contributed by atoms with Crippen LogP contribution in [0.4, 0.5) is 13.2 Å². The van der Waals surface area contributed by atoms with Gasteiger partial charge in [-0.05, 0) is 38.8 Å². The Hall–Kier alpha value is -2.46. The zero-order valence-electron chi connectivity index (χ0n) is 17.6. The fourth-order valence-corrected chi connectivity index (χ4v) is 3.23. The van der Waals surface area contributed by atoms with E-state index in [4.69, 9.17) is 9.47 Å². The van der Waals surface area contributed by atoms with Gasteiger partial charge < -0.3 is 9.47 Å². The highest BCUT2D eigenvalue weighted by Crippen LogP contribution is 2.22. The normalized spacial score (nSPS) is 13.4. The van der Waals surface area contributed by atoms with E-state index in [0.717, 1.165) is 0 Å². The topological polar surface area (TPSA) is 81.7 Å². The molecular weight excluding hydrogens is 435 g/mol. The zero-order valence-corrected chi connectivity index (χ0v) is 18.4. The summed E-state index contributed by atoms with van der Waals surface area (Å²) in [6.07, 6.45) is 2.06. The van der Waals surface area contributed by atoms with E-state index in [9.17, 15) is 27.0 Å². The lowest BCUT2D eigenvalue weighted by Gasteiger charge is -2.28. The summed E-state index contributed by atoms with van der Waals surface area (Å²) >= 11 is 0. The molecule has 1 aromatic carbocycles. The number of benzene rings is 1. The molecule has 0 spiro atoms. The van der Waals surface area contributed by atoms with Crippen LogP contribution in [0.3, 0.4) is 0 Å². The van der Waals surface area contributed by atoms with Gasteiger partial charge in [0.25, 0.3) is 0 Å². The second-order valence-electron chi connectivity index (χ2n) is 7.48. The summed E-state index contributed by atoms with van der Waals surface area (Å²) in [6, 6.07) is -0.363. The second-order valence-corrected chi connectivity index (χ2v) is 9.48. The molecule has 0 saturated carbocycles. The van der Waals surface area contributed by atoms with Crippen LogP contribution in [0.15, 0.2) is 37.4 Å². The molecule has 0 aliphatic heterocycles. The van der Waals surface area contributed by atoms with Gasteiger partial charge in [-0.15, -0.1) is 0 Å². The van der Waals surface area contributed by atoms with E-state index in [2.05, 4.69) is 17.9 Å². The summed E-state index contributed by atoms with van der Waals surface area (Å²) in [5, 5.41) is 0. The van der Waals surface area contributed by atoms with Crippen LogP contribution in [-0.4, -0.2) is 40.2 Å². The molecule has 0 radical (unpaired) electrons. The third-order valence-electron chi connectivity index (χ3n) is 3.94. The average molecular weight is 462 g/mol. The lowest BCUT2D eigenvalue weighted by molar-refractivity contribution is -0.162. The minimum absolute atomic E-state index is 0.224. The van der Waals surface area contributed by atoms with Crippen LogP contribution >= 0.6 is 0 Å². The molecule has 0 saturated heterocycles. The molecule has 0 aliphatic rings. The first-order valence-electron chi connectivity index (χ1n) is 9.28. The third kappa shape index (κ3) is 7.95. The van der Waals surface area contributed by atoms with Crippen molar-refractivity contribution in [3.63, 3.8) is 0 Å². The van der Waals surface area contributed by atoms with Crippen LogP contribution in [0, 0.1) is 23.4 Å². The van der Waals surface area contributed by atoms with Crippen molar-refractivity contribution in [1.29, 1.82) is 0 Å². The number of carbonyl (C=O) groups is 2. The lowest BCUT2D eigenvalue weighted by atomic mass is 9.93. The Morgan fingerprint density at radius 3 is 1.97 bits per heavy atom. The van der Waals surface area contributed by atoms with E-state index < -0.39 is 63.5 Å². The summed E-state index contributed by atoms with van der Waals surface area (Å²) in [7, 11) is -1.82. The van der Waals surface area contributed by atoms with Gasteiger partial charge in [0.2, 0.25) is 0 Å². The van der Waals surface area contributed by atoms with E-state index in [1.54, 1.807) is 20.8 Å². The molecular formula is C21H26F3NO5S. The Balaban J connectivity index is 3.42. The number of ether oxygens (including phenoxy) is 2. The molecule has 0 bridgehead atoms. The van der Waals surface area contributed by atoms with Crippen LogP contribution in [0.5, 0.6) is 0 Å². The Bertz CT molecular complexity index is 830. The van der Waals surface area contributed by atoms with E-state index in [1.165, 1.54) is 12.2 Å². The zero-order chi connectivity index (χ0) is 23.8. The van der Waals surface area contributed by atoms with Gasteiger partial charge in [0.1, 0.15) is 19.0 Å². The first-order chi connectivity index (χ1) is 14.4. The largest absolute Gasteiger partial charge is 0.461 e. The Kier molecular flexibility index (Phi) is 10.1. The summed E-state index contributed by atoms with van der Waals surface area (Å²) in [5.41, 5.74) is -0.333. The number of rotatable bonds is 11. The smallest absolute Gasteiger partial charge is 0.322 e. The number of esters is 2. The third-order valence-corrected chi connectivity index (χ3v) is 5.57. The molecule has 31 heavy (non-hydrogen) atoms. The predicted molar refractivity (Wildman–Crippen MR) is 111 cm³/mol. The molecule has 0 fully saturated rings. The van der Waals surface area contributed by atoms with Gasteiger partial charge in [0, 0.05) is 12.1 Å². The number of hydrogen-bond acceptors (Lipinski definition) is 5. The van der Waals surface area contributed by atoms with Crippen LogP contribution in [0.25, 0.3) is 0 Å². The van der Waals surface area contributed by atoms with Crippen LogP contribution in [0.1, 0.15) is 26.3 Å². The van der Waals surface area contributed by atoms with E-state index >= 15 is 0 Å². The molecule has 10 heteroatoms. The first-order valence-corrected chi connectivity index (χ1v) is 10.4. The van der Waals surface area contributed by atoms with Gasteiger partial charge in [0.15, 0.2) is 17.6 Å². The predicted octanol–water partition coefficient (Wildman–Crippen LogP) is 3.14. The lowest BCUT2D eigenvalue weighted by Crippen LogP contribution is -2.50. The summed E-state index contributed by atoms with van der Waals surface area (Å²) in [6.45, 7) is 11.3. The first kappa shape index (κ1) is 26.6. The van der Waals surface area contributed by atoms with Gasteiger partial charge >= 0.3 is 11.9 Å².